The van der Waals surface area contributed by atoms with Crippen LogP contribution in [-0.4, -0.2) is 30.2 Å². The van der Waals surface area contributed by atoms with Crippen molar-refractivity contribution in [3.05, 3.63) is 46.6 Å². The molecular formula is C17H14N6S2. The summed E-state index contributed by atoms with van der Waals surface area (Å²) in [4.78, 5) is 11.9. The largest absolute Gasteiger partial charge is 0.226 e. The summed E-state index contributed by atoms with van der Waals surface area (Å²) in [6, 6.07) is 9.91. The Morgan fingerprint density at radius 2 is 2.00 bits per heavy atom. The van der Waals surface area contributed by atoms with Crippen LogP contribution in [0.15, 0.2) is 40.5 Å². The Morgan fingerprint density at radius 1 is 1.12 bits per heavy atom. The number of para-hydroxylation sites is 1. The fourth-order valence-electron chi connectivity index (χ4n) is 3.20. The quantitative estimate of drug-likeness (QED) is 0.516. The summed E-state index contributed by atoms with van der Waals surface area (Å²) in [5.74, 6) is 0.786. The molecule has 0 saturated carbocycles. The third-order valence-electron chi connectivity index (χ3n) is 4.27. The van der Waals surface area contributed by atoms with Gasteiger partial charge in [0, 0.05) is 10.3 Å². The normalized spacial score (nSPS) is 13.5. The van der Waals surface area contributed by atoms with Gasteiger partial charge in [-0.3, -0.25) is 0 Å². The molecule has 0 atom stereocenters. The van der Waals surface area contributed by atoms with E-state index in [1.165, 1.54) is 34.0 Å². The van der Waals surface area contributed by atoms with E-state index in [-0.39, 0.29) is 0 Å². The Morgan fingerprint density at radius 3 is 2.88 bits per heavy atom. The second-order valence-corrected chi connectivity index (χ2v) is 7.96. The average Bonchev–Trinajstić information content (AvgIpc) is 3.31. The molecule has 3 heterocycles. The highest BCUT2D eigenvalue weighted by atomic mass is 32.2. The molecule has 1 aliphatic carbocycles. The lowest BCUT2D eigenvalue weighted by molar-refractivity contribution is 0.756. The monoisotopic (exact) mass is 366 g/mol. The zero-order valence-corrected chi connectivity index (χ0v) is 15.1. The lowest BCUT2D eigenvalue weighted by Gasteiger charge is -2.06. The summed E-state index contributed by atoms with van der Waals surface area (Å²) in [5.41, 5.74) is 2.36. The molecule has 0 spiro atoms. The number of hydrogen-bond acceptors (Lipinski definition) is 7. The minimum atomic E-state index is 0.712. The van der Waals surface area contributed by atoms with Crippen molar-refractivity contribution in [1.29, 1.82) is 0 Å². The van der Waals surface area contributed by atoms with Gasteiger partial charge < -0.3 is 0 Å². The molecule has 5 rings (SSSR count). The van der Waals surface area contributed by atoms with E-state index in [1.807, 2.05) is 37.3 Å². The molecule has 8 heteroatoms. The van der Waals surface area contributed by atoms with E-state index in [9.17, 15) is 0 Å². The van der Waals surface area contributed by atoms with Crippen molar-refractivity contribution in [1.82, 2.24) is 30.2 Å². The van der Waals surface area contributed by atoms with Crippen LogP contribution in [-0.2, 0) is 12.8 Å². The van der Waals surface area contributed by atoms with Gasteiger partial charge >= 0.3 is 0 Å². The number of aryl methyl sites for hydroxylation is 3. The summed E-state index contributed by atoms with van der Waals surface area (Å²) >= 11 is 3.32. The molecule has 0 bridgehead atoms. The first-order valence-electron chi connectivity index (χ1n) is 8.10. The van der Waals surface area contributed by atoms with Gasteiger partial charge in [-0.2, -0.15) is 4.68 Å². The van der Waals surface area contributed by atoms with Crippen molar-refractivity contribution < 1.29 is 0 Å². The number of rotatable bonds is 3. The van der Waals surface area contributed by atoms with Crippen LogP contribution < -0.4 is 0 Å². The molecule has 25 heavy (non-hydrogen) atoms. The zero-order chi connectivity index (χ0) is 16.8. The zero-order valence-electron chi connectivity index (χ0n) is 13.5. The Labute approximate surface area is 152 Å². The number of thiophene rings is 1. The number of fused-ring (bicyclic) bond motifs is 3. The van der Waals surface area contributed by atoms with Crippen LogP contribution in [0.1, 0.15) is 22.7 Å². The molecule has 0 fully saturated rings. The third kappa shape index (κ3) is 2.52. The number of tetrazole rings is 1. The van der Waals surface area contributed by atoms with Gasteiger partial charge in [0.1, 0.15) is 15.7 Å². The second-order valence-electron chi connectivity index (χ2n) is 5.92. The maximum absolute atomic E-state index is 4.71. The third-order valence-corrected chi connectivity index (χ3v) is 6.38. The van der Waals surface area contributed by atoms with Crippen LogP contribution >= 0.6 is 23.1 Å². The maximum atomic E-state index is 4.71. The standard InChI is InChI=1S/C17H14N6S2/c1-10-18-15-14(12-8-5-9-13(12)24-15)16(19-10)25-17-20-21-22-23(17)11-6-3-2-4-7-11/h2-4,6-7H,5,8-9H2,1H3. The topological polar surface area (TPSA) is 69.4 Å². The van der Waals surface area contributed by atoms with E-state index in [4.69, 9.17) is 4.98 Å². The molecule has 6 nitrogen and oxygen atoms in total. The first kappa shape index (κ1) is 15.0. The predicted octanol–water partition coefficient (Wildman–Crippen LogP) is 3.62. The van der Waals surface area contributed by atoms with Gasteiger partial charge in [-0.05, 0) is 66.1 Å². The minimum Gasteiger partial charge on any atom is -0.226 e. The van der Waals surface area contributed by atoms with Gasteiger partial charge in [-0.1, -0.05) is 18.2 Å². The van der Waals surface area contributed by atoms with Gasteiger partial charge in [-0.25, -0.2) is 9.97 Å². The van der Waals surface area contributed by atoms with Gasteiger partial charge in [0.25, 0.3) is 0 Å². The summed E-state index contributed by atoms with van der Waals surface area (Å²) in [5, 5.41) is 15.1. The molecule has 0 radical (unpaired) electrons. The first-order chi connectivity index (χ1) is 12.3. The lowest BCUT2D eigenvalue weighted by atomic mass is 10.2. The predicted molar refractivity (Wildman–Crippen MR) is 97.5 cm³/mol. The molecule has 3 aromatic heterocycles. The van der Waals surface area contributed by atoms with Gasteiger partial charge in [0.2, 0.25) is 5.16 Å². The Bertz CT molecular complexity index is 1070. The van der Waals surface area contributed by atoms with Crippen LogP contribution in [0.25, 0.3) is 15.9 Å². The van der Waals surface area contributed by atoms with Crippen LogP contribution in [0.2, 0.25) is 0 Å². The Hall–Kier alpha value is -2.32. The number of nitrogens with zero attached hydrogens (tertiary/aromatic N) is 6. The smallest absolute Gasteiger partial charge is 0.220 e. The molecule has 4 aromatic rings. The second kappa shape index (κ2) is 5.89. The molecule has 0 N–H and O–H groups in total. The van der Waals surface area contributed by atoms with Gasteiger partial charge in [0.15, 0.2) is 0 Å². The minimum absolute atomic E-state index is 0.712. The SMILES string of the molecule is Cc1nc(Sc2nnnn2-c2ccccc2)c2c3c(sc2n1)CCC3. The highest BCUT2D eigenvalue weighted by Crippen LogP contribution is 2.41. The highest BCUT2D eigenvalue weighted by molar-refractivity contribution is 7.99. The van der Waals surface area contributed by atoms with Gasteiger partial charge in [-0.15, -0.1) is 16.4 Å². The maximum Gasteiger partial charge on any atom is 0.220 e. The summed E-state index contributed by atoms with van der Waals surface area (Å²) in [6.07, 6.45) is 3.48. The number of hydrogen-bond donors (Lipinski definition) is 0. The van der Waals surface area contributed by atoms with Crippen LogP contribution in [0.5, 0.6) is 0 Å². The molecule has 0 aliphatic heterocycles. The van der Waals surface area contributed by atoms with E-state index < -0.39 is 0 Å². The molecular weight excluding hydrogens is 352 g/mol. The van der Waals surface area contributed by atoms with Crippen molar-refractivity contribution in [2.45, 2.75) is 36.4 Å². The fraction of sp³-hybridized carbons (Fsp3) is 0.235. The lowest BCUT2D eigenvalue weighted by Crippen LogP contribution is -1.99. The highest BCUT2D eigenvalue weighted by Gasteiger charge is 2.23. The van der Waals surface area contributed by atoms with Crippen LogP contribution in [0, 0.1) is 6.92 Å². The van der Waals surface area contributed by atoms with E-state index >= 15 is 0 Å². The van der Waals surface area contributed by atoms with Gasteiger partial charge in [0.05, 0.1) is 5.69 Å². The van der Waals surface area contributed by atoms with Crippen molar-refractivity contribution in [2.75, 3.05) is 0 Å². The molecule has 0 amide bonds. The average molecular weight is 366 g/mol. The van der Waals surface area contributed by atoms with Crippen molar-refractivity contribution in [3.8, 4) is 5.69 Å². The Balaban J connectivity index is 1.63. The number of aromatic nitrogens is 6. The summed E-state index contributed by atoms with van der Waals surface area (Å²) < 4.78 is 1.75. The van der Waals surface area contributed by atoms with E-state index in [2.05, 4.69) is 20.5 Å². The molecule has 1 aliphatic rings. The first-order valence-corrected chi connectivity index (χ1v) is 9.73. The Kier molecular flexibility index (Phi) is 3.53. The van der Waals surface area contributed by atoms with Crippen molar-refractivity contribution in [3.63, 3.8) is 0 Å². The van der Waals surface area contributed by atoms with E-state index in [0.29, 0.717) is 5.16 Å². The molecule has 1 aromatic carbocycles. The van der Waals surface area contributed by atoms with Crippen LogP contribution in [0.3, 0.4) is 0 Å². The summed E-state index contributed by atoms with van der Waals surface area (Å²) in [6.45, 7) is 1.94. The summed E-state index contributed by atoms with van der Waals surface area (Å²) in [7, 11) is 0. The van der Waals surface area contributed by atoms with E-state index in [1.54, 1.807) is 16.0 Å². The molecule has 124 valence electrons. The van der Waals surface area contributed by atoms with Crippen molar-refractivity contribution in [2.24, 2.45) is 0 Å². The molecule has 0 saturated heterocycles. The van der Waals surface area contributed by atoms with Crippen LogP contribution in [0.4, 0.5) is 0 Å². The molecule has 0 unspecified atom stereocenters. The van der Waals surface area contributed by atoms with Crippen molar-refractivity contribution >= 4 is 33.3 Å². The fourth-order valence-corrected chi connectivity index (χ4v) is 5.55. The van der Waals surface area contributed by atoms with E-state index in [0.717, 1.165) is 34.2 Å². The number of benzene rings is 1.